The van der Waals surface area contributed by atoms with Crippen LogP contribution in [0.25, 0.3) is 10.9 Å². The van der Waals surface area contributed by atoms with E-state index in [1.165, 1.54) is 18.3 Å². The number of aromatic nitrogens is 1. The first-order chi connectivity index (χ1) is 13.0. The van der Waals surface area contributed by atoms with Crippen LogP contribution in [0.1, 0.15) is 5.56 Å². The molecule has 27 heavy (non-hydrogen) atoms. The molecule has 0 unspecified atom stereocenters. The Kier molecular flexibility index (Phi) is 5.43. The minimum absolute atomic E-state index is 0.0593. The lowest BCUT2D eigenvalue weighted by Gasteiger charge is -2.05. The first-order valence-electron chi connectivity index (χ1n) is 7.94. The van der Waals surface area contributed by atoms with Crippen molar-refractivity contribution in [1.29, 1.82) is 0 Å². The molecular formula is C18H16N4O4S. The van der Waals surface area contributed by atoms with Crippen molar-refractivity contribution < 1.29 is 13.2 Å². The van der Waals surface area contributed by atoms with Crippen LogP contribution in [0.5, 0.6) is 0 Å². The fourth-order valence-electron chi connectivity index (χ4n) is 2.32. The number of aromatic amines is 1. The number of carbonyl (C=O) groups excluding carboxylic acids is 1. The van der Waals surface area contributed by atoms with E-state index in [4.69, 9.17) is 0 Å². The minimum Gasteiger partial charge on any atom is -0.321 e. The number of sulfonamides is 1. The van der Waals surface area contributed by atoms with Gasteiger partial charge in [0, 0.05) is 5.52 Å². The third kappa shape index (κ3) is 4.66. The second kappa shape index (κ2) is 7.94. The number of fused-ring (bicyclic) bond motifs is 1. The molecule has 0 fully saturated rings. The van der Waals surface area contributed by atoms with Crippen molar-refractivity contribution in [2.75, 3.05) is 6.54 Å². The number of hydrogen-bond acceptors (Lipinski definition) is 5. The second-order valence-corrected chi connectivity index (χ2v) is 7.34. The standard InChI is InChI=1S/C18H16N4O4S/c23-17(12-20-27(25,26)15-7-2-1-3-8-15)22-19-11-14-10-13-6-4-5-9-16(13)21-18(14)24/h1-11,20H,12H2,(H,21,24)(H,22,23)/b19-11-. The summed E-state index contributed by atoms with van der Waals surface area (Å²) in [6.07, 6.45) is 1.20. The molecule has 8 nitrogen and oxygen atoms in total. The van der Waals surface area contributed by atoms with Crippen molar-refractivity contribution >= 4 is 33.0 Å². The highest BCUT2D eigenvalue weighted by Crippen LogP contribution is 2.09. The molecule has 138 valence electrons. The highest BCUT2D eigenvalue weighted by Gasteiger charge is 2.14. The lowest BCUT2D eigenvalue weighted by atomic mass is 10.2. The summed E-state index contributed by atoms with van der Waals surface area (Å²) in [4.78, 5) is 26.5. The van der Waals surface area contributed by atoms with Crippen molar-refractivity contribution in [2.45, 2.75) is 4.90 Å². The molecule has 3 aromatic rings. The van der Waals surface area contributed by atoms with E-state index in [0.29, 0.717) is 5.52 Å². The molecule has 0 spiro atoms. The number of rotatable bonds is 6. The van der Waals surface area contributed by atoms with Crippen LogP contribution in [0, 0.1) is 0 Å². The zero-order valence-corrected chi connectivity index (χ0v) is 14.9. The number of hydrazone groups is 1. The van der Waals surface area contributed by atoms with E-state index < -0.39 is 22.5 Å². The number of benzene rings is 2. The first-order valence-corrected chi connectivity index (χ1v) is 9.43. The quantitative estimate of drug-likeness (QED) is 0.433. The summed E-state index contributed by atoms with van der Waals surface area (Å²) in [5.74, 6) is -0.664. The van der Waals surface area contributed by atoms with Gasteiger partial charge in [-0.25, -0.2) is 18.6 Å². The van der Waals surface area contributed by atoms with Crippen LogP contribution >= 0.6 is 0 Å². The maximum atomic E-state index is 12.0. The van der Waals surface area contributed by atoms with Gasteiger partial charge in [-0.1, -0.05) is 36.4 Å². The molecule has 0 aliphatic heterocycles. The van der Waals surface area contributed by atoms with Crippen LogP contribution in [-0.2, 0) is 14.8 Å². The molecule has 1 heterocycles. The fraction of sp³-hybridized carbons (Fsp3) is 0.0556. The molecule has 1 aromatic heterocycles. The lowest BCUT2D eigenvalue weighted by molar-refractivity contribution is -0.119. The second-order valence-electron chi connectivity index (χ2n) is 5.57. The molecule has 0 atom stereocenters. The van der Waals surface area contributed by atoms with Gasteiger partial charge in [-0.15, -0.1) is 0 Å². The van der Waals surface area contributed by atoms with Gasteiger partial charge < -0.3 is 4.98 Å². The number of carbonyl (C=O) groups is 1. The topological polar surface area (TPSA) is 120 Å². The zero-order chi connectivity index (χ0) is 19.3. The van der Waals surface area contributed by atoms with E-state index in [2.05, 4.69) is 20.2 Å². The van der Waals surface area contributed by atoms with Gasteiger partial charge in [-0.3, -0.25) is 9.59 Å². The molecule has 9 heteroatoms. The third-order valence-corrected chi connectivity index (χ3v) is 5.07. The van der Waals surface area contributed by atoms with E-state index >= 15 is 0 Å². The zero-order valence-electron chi connectivity index (χ0n) is 14.0. The van der Waals surface area contributed by atoms with Crippen LogP contribution < -0.4 is 15.7 Å². The number of hydrogen-bond donors (Lipinski definition) is 3. The molecule has 0 saturated carbocycles. The lowest BCUT2D eigenvalue weighted by Crippen LogP contribution is -2.35. The van der Waals surface area contributed by atoms with Gasteiger partial charge in [-0.2, -0.15) is 5.10 Å². The smallest absolute Gasteiger partial charge is 0.257 e. The molecular weight excluding hydrogens is 368 g/mol. The third-order valence-electron chi connectivity index (χ3n) is 3.65. The van der Waals surface area contributed by atoms with Crippen molar-refractivity contribution in [3.63, 3.8) is 0 Å². The Morgan fingerprint density at radius 2 is 1.78 bits per heavy atom. The largest absolute Gasteiger partial charge is 0.321 e. The summed E-state index contributed by atoms with van der Waals surface area (Å²) in [6, 6.07) is 16.6. The number of para-hydroxylation sites is 1. The van der Waals surface area contributed by atoms with Gasteiger partial charge in [0.25, 0.3) is 11.5 Å². The van der Waals surface area contributed by atoms with Gasteiger partial charge in [0.1, 0.15) is 0 Å². The molecule has 0 aliphatic carbocycles. The normalized spacial score (nSPS) is 11.7. The molecule has 3 N–H and O–H groups in total. The summed E-state index contributed by atoms with van der Waals surface area (Å²) in [6.45, 7) is -0.483. The van der Waals surface area contributed by atoms with Crippen molar-refractivity contribution in [3.8, 4) is 0 Å². The summed E-state index contributed by atoms with van der Waals surface area (Å²) in [5.41, 5.74) is 2.79. The Morgan fingerprint density at radius 1 is 1.07 bits per heavy atom. The van der Waals surface area contributed by atoms with Crippen LogP contribution in [0.3, 0.4) is 0 Å². The average molecular weight is 384 g/mol. The molecule has 2 aromatic carbocycles. The van der Waals surface area contributed by atoms with Gasteiger partial charge >= 0.3 is 0 Å². The summed E-state index contributed by atoms with van der Waals surface area (Å²) >= 11 is 0. The van der Waals surface area contributed by atoms with Crippen LogP contribution in [0.2, 0.25) is 0 Å². The van der Waals surface area contributed by atoms with E-state index in [1.807, 2.05) is 18.2 Å². The Labute approximate surface area is 155 Å². The van der Waals surface area contributed by atoms with Crippen LogP contribution in [0.4, 0.5) is 0 Å². The van der Waals surface area contributed by atoms with Gasteiger partial charge in [-0.05, 0) is 29.7 Å². The SMILES string of the molecule is O=C(CNS(=O)(=O)c1ccccc1)N/N=C\c1cc2ccccc2[nH]c1=O. The Bertz CT molecular complexity index is 1150. The molecule has 1 amide bonds. The predicted molar refractivity (Wildman–Crippen MR) is 102 cm³/mol. The maximum absolute atomic E-state index is 12.0. The summed E-state index contributed by atoms with van der Waals surface area (Å²) in [5, 5.41) is 4.52. The molecule has 3 rings (SSSR count). The van der Waals surface area contributed by atoms with Crippen molar-refractivity contribution in [3.05, 3.63) is 76.6 Å². The number of amides is 1. The van der Waals surface area contributed by atoms with Crippen LogP contribution in [0.15, 0.2) is 75.5 Å². The van der Waals surface area contributed by atoms with E-state index in [9.17, 15) is 18.0 Å². The number of pyridine rings is 1. The number of nitrogens with zero attached hydrogens (tertiary/aromatic N) is 1. The first kappa shape index (κ1) is 18.5. The Balaban J connectivity index is 1.61. The average Bonchev–Trinajstić information content (AvgIpc) is 2.67. The number of H-pyrrole nitrogens is 1. The van der Waals surface area contributed by atoms with Crippen LogP contribution in [-0.4, -0.2) is 32.1 Å². The monoisotopic (exact) mass is 384 g/mol. The Hall–Kier alpha value is -3.30. The molecule has 0 aliphatic rings. The molecule has 0 radical (unpaired) electrons. The highest BCUT2D eigenvalue weighted by molar-refractivity contribution is 7.89. The van der Waals surface area contributed by atoms with E-state index in [0.717, 1.165) is 5.39 Å². The Morgan fingerprint density at radius 3 is 2.56 bits per heavy atom. The van der Waals surface area contributed by atoms with E-state index in [1.54, 1.807) is 30.3 Å². The molecule has 0 saturated heterocycles. The minimum atomic E-state index is -3.78. The van der Waals surface area contributed by atoms with E-state index in [-0.39, 0.29) is 16.0 Å². The maximum Gasteiger partial charge on any atom is 0.257 e. The highest BCUT2D eigenvalue weighted by atomic mass is 32.2. The van der Waals surface area contributed by atoms with Crippen molar-refractivity contribution in [2.24, 2.45) is 5.10 Å². The van der Waals surface area contributed by atoms with Crippen molar-refractivity contribution in [1.82, 2.24) is 15.1 Å². The summed E-state index contributed by atoms with van der Waals surface area (Å²) < 4.78 is 26.2. The fourth-order valence-corrected chi connectivity index (χ4v) is 3.32. The van der Waals surface area contributed by atoms with Gasteiger partial charge in [0.05, 0.1) is 23.2 Å². The number of nitrogens with one attached hydrogen (secondary N) is 3. The van der Waals surface area contributed by atoms with Gasteiger partial charge in [0.15, 0.2) is 0 Å². The van der Waals surface area contributed by atoms with Gasteiger partial charge in [0.2, 0.25) is 10.0 Å². The summed E-state index contributed by atoms with van der Waals surface area (Å²) in [7, 11) is -3.78. The molecule has 0 bridgehead atoms. The predicted octanol–water partition coefficient (Wildman–Crippen LogP) is 0.957.